The first-order valence-electron chi connectivity index (χ1n) is 15.9. The molecule has 4 atom stereocenters. The van der Waals surface area contributed by atoms with Crippen LogP contribution in [0.5, 0.6) is 0 Å². The van der Waals surface area contributed by atoms with Gasteiger partial charge < -0.3 is 20.8 Å². The van der Waals surface area contributed by atoms with Crippen LogP contribution in [0.3, 0.4) is 0 Å². The third kappa shape index (κ3) is 6.24. The highest BCUT2D eigenvalue weighted by molar-refractivity contribution is 6.12. The number of aliphatic hydroxyl groups is 2. The summed E-state index contributed by atoms with van der Waals surface area (Å²) in [4.78, 5) is 28.6. The van der Waals surface area contributed by atoms with Gasteiger partial charge in [0.25, 0.3) is 5.91 Å². The van der Waals surface area contributed by atoms with Crippen molar-refractivity contribution in [2.75, 3.05) is 29.9 Å². The summed E-state index contributed by atoms with van der Waals surface area (Å²) < 4.78 is 1.73. The number of aliphatic hydroxyl groups excluding tert-OH is 1. The molecule has 2 aliphatic rings. The van der Waals surface area contributed by atoms with Gasteiger partial charge in [-0.05, 0) is 61.7 Å². The first-order valence-corrected chi connectivity index (χ1v) is 15.9. The van der Waals surface area contributed by atoms with Crippen LogP contribution >= 0.6 is 0 Å². The summed E-state index contributed by atoms with van der Waals surface area (Å²) in [5.41, 5.74) is 2.06. The molecule has 10 nitrogen and oxygen atoms in total. The fraction of sp³-hybridized carbons (Fsp3) is 0.333. The van der Waals surface area contributed by atoms with Gasteiger partial charge in [-0.3, -0.25) is 19.2 Å². The molecule has 0 spiro atoms. The predicted octanol–water partition coefficient (Wildman–Crippen LogP) is 4.49. The lowest BCUT2D eigenvalue weighted by molar-refractivity contribution is -0.138. The van der Waals surface area contributed by atoms with E-state index in [0.29, 0.717) is 47.8 Å². The molecule has 0 aliphatic carbocycles. The fourth-order valence-electron chi connectivity index (χ4n) is 6.39. The minimum atomic E-state index is -1.85. The van der Waals surface area contributed by atoms with E-state index in [0.717, 1.165) is 24.9 Å². The zero-order valence-electron chi connectivity index (χ0n) is 25.9. The Labute approximate surface area is 268 Å². The molecule has 238 valence electrons. The van der Waals surface area contributed by atoms with Crippen LogP contribution in [0.4, 0.5) is 17.1 Å². The van der Waals surface area contributed by atoms with Gasteiger partial charge in [0.1, 0.15) is 0 Å². The Kier molecular flexibility index (Phi) is 9.39. The molecule has 46 heavy (non-hydrogen) atoms. The average Bonchev–Trinajstić information content (AvgIpc) is 3.65. The van der Waals surface area contributed by atoms with Gasteiger partial charge in [-0.1, -0.05) is 72.8 Å². The average molecular weight is 621 g/mol. The lowest BCUT2D eigenvalue weighted by Crippen LogP contribution is -2.42. The summed E-state index contributed by atoms with van der Waals surface area (Å²) in [6.07, 6.45) is 7.99. The highest BCUT2D eigenvalue weighted by atomic mass is 16.3. The van der Waals surface area contributed by atoms with Gasteiger partial charge >= 0.3 is 0 Å². The Hall–Kier alpha value is -4.64. The van der Waals surface area contributed by atoms with E-state index < -0.39 is 17.4 Å². The van der Waals surface area contributed by atoms with Crippen molar-refractivity contribution in [3.8, 4) is 0 Å². The van der Waals surface area contributed by atoms with E-state index in [4.69, 9.17) is 0 Å². The number of fused-ring (bicyclic) bond motifs is 1. The molecule has 1 fully saturated rings. The van der Waals surface area contributed by atoms with Crippen molar-refractivity contribution in [2.45, 2.75) is 44.2 Å². The first-order chi connectivity index (χ1) is 22.4. The minimum absolute atomic E-state index is 0.0711. The Morgan fingerprint density at radius 3 is 2.61 bits per heavy atom. The summed E-state index contributed by atoms with van der Waals surface area (Å²) in [5.74, 6) is -1.47. The number of amides is 2. The smallest absolute Gasteiger partial charge is 0.268 e. The third-order valence-corrected chi connectivity index (χ3v) is 9.03. The van der Waals surface area contributed by atoms with Crippen LogP contribution in [0.2, 0.25) is 0 Å². The molecule has 10 heteroatoms. The van der Waals surface area contributed by atoms with E-state index >= 15 is 0 Å². The van der Waals surface area contributed by atoms with Gasteiger partial charge in [0.2, 0.25) is 5.91 Å². The van der Waals surface area contributed by atoms with E-state index in [-0.39, 0.29) is 24.3 Å². The number of nitrogens with one attached hydrogen (secondary N) is 2. The lowest BCUT2D eigenvalue weighted by Gasteiger charge is -2.28. The third-order valence-electron chi connectivity index (χ3n) is 9.03. The molecule has 0 radical (unpaired) electrons. The number of rotatable bonds is 11. The normalized spacial score (nSPS) is 20.9. The van der Waals surface area contributed by atoms with Crippen LogP contribution in [0.15, 0.2) is 97.2 Å². The molecule has 3 heterocycles. The maximum Gasteiger partial charge on any atom is 0.268 e. The van der Waals surface area contributed by atoms with Gasteiger partial charge in [-0.25, -0.2) is 0 Å². The Bertz CT molecular complexity index is 1690. The summed E-state index contributed by atoms with van der Waals surface area (Å²) in [6.45, 7) is 3.83. The number of benzene rings is 3. The number of aryl methyl sites for hydroxylation is 1. The monoisotopic (exact) mass is 620 g/mol. The largest absolute Gasteiger partial charge is 0.395 e. The molecular formula is C36H40N6O4. The first kappa shape index (κ1) is 31.3. The summed E-state index contributed by atoms with van der Waals surface area (Å²) in [6, 6.07) is 24.3. The number of carbonyl (C=O) groups is 2. The van der Waals surface area contributed by atoms with Gasteiger partial charge in [-0.2, -0.15) is 0 Å². The van der Waals surface area contributed by atoms with Crippen LogP contribution in [0, 0.1) is 11.8 Å². The van der Waals surface area contributed by atoms with Crippen LogP contribution in [0.25, 0.3) is 0 Å². The zero-order valence-corrected chi connectivity index (χ0v) is 25.9. The number of nitrogens with zero attached hydrogens (tertiary/aromatic N) is 4. The van der Waals surface area contributed by atoms with Crippen LogP contribution in [-0.2, 0) is 21.7 Å². The Morgan fingerprint density at radius 1 is 1.13 bits per heavy atom. The molecule has 2 aliphatic heterocycles. The minimum Gasteiger partial charge on any atom is -0.395 e. The lowest BCUT2D eigenvalue weighted by atomic mass is 9.82. The quantitative estimate of drug-likeness (QED) is 0.182. The highest BCUT2D eigenvalue weighted by Crippen LogP contribution is 2.49. The number of hydrogen-bond donors (Lipinski definition) is 4. The van der Waals surface area contributed by atoms with Crippen LogP contribution in [-0.4, -0.2) is 56.7 Å². The number of piperidine rings is 1. The predicted molar refractivity (Wildman–Crippen MR) is 176 cm³/mol. The van der Waals surface area contributed by atoms with Crippen LogP contribution < -0.4 is 15.5 Å². The molecule has 6 rings (SSSR count). The number of para-hydroxylation sites is 1. The van der Waals surface area contributed by atoms with E-state index in [9.17, 15) is 19.8 Å². The molecule has 1 saturated heterocycles. The number of aromatic nitrogens is 3. The van der Waals surface area contributed by atoms with E-state index in [1.807, 2.05) is 85.9 Å². The molecule has 0 saturated carbocycles. The summed E-state index contributed by atoms with van der Waals surface area (Å²) in [5, 5.41) is 37.0. The van der Waals surface area contributed by atoms with Crippen molar-refractivity contribution in [2.24, 2.45) is 11.8 Å². The van der Waals surface area contributed by atoms with Crippen molar-refractivity contribution < 1.29 is 19.8 Å². The second-order valence-corrected chi connectivity index (χ2v) is 12.1. The molecule has 2 amide bonds. The number of hydrogen-bond acceptors (Lipinski definition) is 7. The molecule has 3 aromatic carbocycles. The van der Waals surface area contributed by atoms with Crippen molar-refractivity contribution in [3.63, 3.8) is 0 Å². The van der Waals surface area contributed by atoms with Gasteiger partial charge in [0.05, 0.1) is 29.8 Å². The van der Waals surface area contributed by atoms with Gasteiger partial charge in [-0.15, -0.1) is 5.10 Å². The standard InChI is InChI=1S/C36H40N6O4/c1-25(11-8-9-20-41-23-32(39-40-41)30(24-43)26-12-4-2-5-13-26)36(46)31-21-28(38-34(44)27-14-10-19-37-22-27)17-18-33(31)42(35(36)45)29-15-6-3-7-16-29/h2-8,11-13,15-18,21,23,25,27,30,37,43,46H,9-10,14,19-20,22,24H2,1H3,(H,38,44)/b11-8+/t25-,27?,30?,36+/m1/s1. The van der Waals surface area contributed by atoms with Crippen molar-refractivity contribution >= 4 is 28.9 Å². The molecule has 2 unspecified atom stereocenters. The SMILES string of the molecule is C[C@H](/C=C/CCn1cc(C(CO)c2ccccc2)nn1)[C@@]1(O)C(=O)N(c2ccccc2)c2ccc(NC(=O)C3CCCNC3)cc21. The van der Waals surface area contributed by atoms with Crippen molar-refractivity contribution in [1.29, 1.82) is 0 Å². The maximum absolute atomic E-state index is 14.1. The molecule has 1 aromatic heterocycles. The second-order valence-electron chi connectivity index (χ2n) is 12.1. The highest BCUT2D eigenvalue weighted by Gasteiger charge is 2.53. The number of carbonyl (C=O) groups excluding carboxylic acids is 2. The number of allylic oxidation sites excluding steroid dienone is 1. The summed E-state index contributed by atoms with van der Waals surface area (Å²) in [7, 11) is 0. The van der Waals surface area contributed by atoms with E-state index in [1.54, 1.807) is 27.8 Å². The van der Waals surface area contributed by atoms with Gasteiger partial charge in [0.15, 0.2) is 5.60 Å². The summed E-state index contributed by atoms with van der Waals surface area (Å²) >= 11 is 0. The fourth-order valence-corrected chi connectivity index (χ4v) is 6.39. The van der Waals surface area contributed by atoms with Crippen molar-refractivity contribution in [1.82, 2.24) is 20.3 Å². The molecule has 0 bridgehead atoms. The Balaban J connectivity index is 1.20. The van der Waals surface area contributed by atoms with E-state index in [1.165, 1.54) is 0 Å². The maximum atomic E-state index is 14.1. The zero-order chi connectivity index (χ0) is 32.1. The number of anilines is 3. The topological polar surface area (TPSA) is 133 Å². The van der Waals surface area contributed by atoms with E-state index in [2.05, 4.69) is 20.9 Å². The molecule has 4 aromatic rings. The molecular weight excluding hydrogens is 580 g/mol. The van der Waals surface area contributed by atoms with Crippen LogP contribution in [0.1, 0.15) is 48.9 Å². The second kappa shape index (κ2) is 13.8. The van der Waals surface area contributed by atoms with Gasteiger partial charge in [0, 0.05) is 42.1 Å². The Morgan fingerprint density at radius 2 is 1.89 bits per heavy atom. The van der Waals surface area contributed by atoms with Crippen molar-refractivity contribution in [3.05, 3.63) is 114 Å². The molecule has 4 N–H and O–H groups in total.